The molecule has 1 unspecified atom stereocenters. The van der Waals surface area contributed by atoms with E-state index in [1.54, 1.807) is 6.20 Å². The number of amides is 1. The summed E-state index contributed by atoms with van der Waals surface area (Å²) in [5.74, 6) is 0.810. The van der Waals surface area contributed by atoms with Crippen molar-refractivity contribution in [1.82, 2.24) is 14.9 Å². The molecule has 1 aromatic carbocycles. The summed E-state index contributed by atoms with van der Waals surface area (Å²) in [7, 11) is 0. The lowest BCUT2D eigenvalue weighted by Gasteiger charge is -2.33. The minimum Gasteiger partial charge on any atom is -0.465 e. The van der Waals surface area contributed by atoms with Crippen LogP contribution >= 0.6 is 0 Å². The molecule has 1 fully saturated rings. The number of aromatic nitrogens is 2. The average Bonchev–Trinajstić information content (AvgIpc) is 2.65. The van der Waals surface area contributed by atoms with Crippen molar-refractivity contribution in [2.75, 3.05) is 13.1 Å². The standard InChI is InChI=1S/C23H31N3O3/c1-15-11-16(2)13-18(12-15)5-8-23(4,29)20-14-24-17(3)25-21(20)19-6-9-26(10-7-19)22(27)28/h11-14,19,29H,5-10H2,1-4H3,(H,27,28). The molecule has 1 aliphatic heterocycles. The second kappa shape index (κ2) is 8.49. The molecule has 2 N–H and O–H groups in total. The summed E-state index contributed by atoms with van der Waals surface area (Å²) in [6.07, 6.45) is 3.64. The molecule has 0 aliphatic carbocycles. The number of nitrogens with zero attached hydrogens (tertiary/aromatic N) is 3. The third-order valence-electron chi connectivity index (χ3n) is 5.85. The number of aryl methyl sites for hydroxylation is 4. The highest BCUT2D eigenvalue weighted by Gasteiger charge is 2.32. The van der Waals surface area contributed by atoms with Crippen LogP contribution in [0.5, 0.6) is 0 Å². The Labute approximate surface area is 172 Å². The molecule has 6 nitrogen and oxygen atoms in total. The van der Waals surface area contributed by atoms with Crippen molar-refractivity contribution < 1.29 is 15.0 Å². The Balaban J connectivity index is 1.80. The van der Waals surface area contributed by atoms with Gasteiger partial charge in [-0.3, -0.25) is 0 Å². The summed E-state index contributed by atoms with van der Waals surface area (Å²) in [5, 5.41) is 20.5. The Hall–Kier alpha value is -2.47. The van der Waals surface area contributed by atoms with Crippen LogP contribution in [0.4, 0.5) is 4.79 Å². The summed E-state index contributed by atoms with van der Waals surface area (Å²) in [5.41, 5.74) is 4.25. The van der Waals surface area contributed by atoms with Crippen LogP contribution < -0.4 is 0 Å². The van der Waals surface area contributed by atoms with Crippen molar-refractivity contribution in [1.29, 1.82) is 0 Å². The van der Waals surface area contributed by atoms with Crippen LogP contribution in [-0.2, 0) is 12.0 Å². The van der Waals surface area contributed by atoms with Gasteiger partial charge < -0.3 is 15.1 Å². The Morgan fingerprint density at radius 3 is 2.38 bits per heavy atom. The summed E-state index contributed by atoms with van der Waals surface area (Å²) < 4.78 is 0. The van der Waals surface area contributed by atoms with Crippen molar-refractivity contribution in [2.45, 2.75) is 64.9 Å². The van der Waals surface area contributed by atoms with E-state index in [2.05, 4.69) is 42.0 Å². The van der Waals surface area contributed by atoms with Gasteiger partial charge in [0, 0.05) is 30.8 Å². The second-order valence-corrected chi connectivity index (χ2v) is 8.53. The predicted octanol–water partition coefficient (Wildman–Crippen LogP) is 4.10. The van der Waals surface area contributed by atoms with Gasteiger partial charge in [-0.15, -0.1) is 0 Å². The zero-order valence-corrected chi connectivity index (χ0v) is 17.8. The fraction of sp³-hybridized carbons (Fsp3) is 0.522. The fourth-order valence-electron chi connectivity index (χ4n) is 4.29. The van der Waals surface area contributed by atoms with E-state index >= 15 is 0 Å². The number of carbonyl (C=O) groups is 1. The topological polar surface area (TPSA) is 86.6 Å². The van der Waals surface area contributed by atoms with Gasteiger partial charge in [-0.1, -0.05) is 29.3 Å². The van der Waals surface area contributed by atoms with E-state index < -0.39 is 11.7 Å². The molecule has 0 bridgehead atoms. The van der Waals surface area contributed by atoms with Crippen LogP contribution in [0.15, 0.2) is 24.4 Å². The van der Waals surface area contributed by atoms with Crippen LogP contribution in [0, 0.1) is 20.8 Å². The molecule has 3 rings (SSSR count). The summed E-state index contributed by atoms with van der Waals surface area (Å²) in [4.78, 5) is 21.7. The Kier molecular flexibility index (Phi) is 6.22. The van der Waals surface area contributed by atoms with Crippen molar-refractivity contribution >= 4 is 6.09 Å². The first-order valence-electron chi connectivity index (χ1n) is 10.3. The zero-order chi connectivity index (χ0) is 21.2. The highest BCUT2D eigenvalue weighted by atomic mass is 16.4. The third-order valence-corrected chi connectivity index (χ3v) is 5.85. The van der Waals surface area contributed by atoms with Crippen LogP contribution in [-0.4, -0.2) is 44.3 Å². The van der Waals surface area contributed by atoms with E-state index in [0.717, 1.165) is 17.7 Å². The van der Waals surface area contributed by atoms with Crippen LogP contribution in [0.1, 0.15) is 65.9 Å². The summed E-state index contributed by atoms with van der Waals surface area (Å²) in [6.45, 7) is 8.85. The maximum Gasteiger partial charge on any atom is 0.407 e. The Bertz CT molecular complexity index is 867. The smallest absolute Gasteiger partial charge is 0.407 e. The molecular weight excluding hydrogens is 366 g/mol. The lowest BCUT2D eigenvalue weighted by Crippen LogP contribution is -2.37. The quantitative estimate of drug-likeness (QED) is 0.793. The van der Waals surface area contributed by atoms with E-state index in [9.17, 15) is 15.0 Å². The van der Waals surface area contributed by atoms with Gasteiger partial charge in [0.15, 0.2) is 0 Å². The monoisotopic (exact) mass is 397 g/mol. The van der Waals surface area contributed by atoms with E-state index in [0.29, 0.717) is 38.2 Å². The third kappa shape index (κ3) is 5.12. The first-order valence-corrected chi connectivity index (χ1v) is 10.3. The lowest BCUT2D eigenvalue weighted by atomic mass is 9.83. The minimum atomic E-state index is -1.05. The fourth-order valence-corrected chi connectivity index (χ4v) is 4.29. The Morgan fingerprint density at radius 2 is 1.79 bits per heavy atom. The number of likely N-dealkylation sites (tertiary alicyclic amines) is 1. The molecule has 1 saturated heterocycles. The number of hydrogen-bond acceptors (Lipinski definition) is 4. The van der Waals surface area contributed by atoms with Gasteiger partial charge in [0.05, 0.1) is 11.3 Å². The minimum absolute atomic E-state index is 0.134. The van der Waals surface area contributed by atoms with Gasteiger partial charge >= 0.3 is 6.09 Å². The van der Waals surface area contributed by atoms with Gasteiger partial charge in [-0.05, 0) is 58.9 Å². The number of carboxylic acid groups (broad SMARTS) is 1. The van der Waals surface area contributed by atoms with Gasteiger partial charge in [0.1, 0.15) is 5.82 Å². The van der Waals surface area contributed by atoms with Crippen LogP contribution in [0.25, 0.3) is 0 Å². The molecule has 6 heteroatoms. The second-order valence-electron chi connectivity index (χ2n) is 8.53. The highest BCUT2D eigenvalue weighted by molar-refractivity contribution is 5.65. The van der Waals surface area contributed by atoms with Gasteiger partial charge in [0.2, 0.25) is 0 Å². The number of piperidine rings is 1. The molecular formula is C23H31N3O3. The molecule has 29 heavy (non-hydrogen) atoms. The largest absolute Gasteiger partial charge is 0.465 e. The normalized spacial score (nSPS) is 17.2. The number of rotatable bonds is 5. The first kappa shape index (κ1) is 21.2. The maximum absolute atomic E-state index is 11.3. The van der Waals surface area contributed by atoms with E-state index in [1.165, 1.54) is 21.6 Å². The SMILES string of the molecule is Cc1cc(C)cc(CCC(C)(O)c2cnc(C)nc2C2CCN(C(=O)O)CC2)c1. The van der Waals surface area contributed by atoms with Crippen molar-refractivity contribution in [3.8, 4) is 0 Å². The molecule has 2 heterocycles. The molecule has 0 saturated carbocycles. The summed E-state index contributed by atoms with van der Waals surface area (Å²) >= 11 is 0. The molecule has 2 aromatic rings. The lowest BCUT2D eigenvalue weighted by molar-refractivity contribution is 0.0452. The van der Waals surface area contributed by atoms with Crippen LogP contribution in [0.3, 0.4) is 0 Å². The van der Waals surface area contributed by atoms with Crippen molar-refractivity contribution in [2.24, 2.45) is 0 Å². The molecule has 0 spiro atoms. The molecule has 1 aliphatic rings. The number of aliphatic hydroxyl groups is 1. The van der Waals surface area contributed by atoms with Crippen molar-refractivity contribution in [3.63, 3.8) is 0 Å². The molecule has 1 aromatic heterocycles. The van der Waals surface area contributed by atoms with Crippen molar-refractivity contribution in [3.05, 3.63) is 58.2 Å². The number of benzene rings is 1. The molecule has 156 valence electrons. The van der Waals surface area contributed by atoms with E-state index in [4.69, 9.17) is 0 Å². The molecule has 1 amide bonds. The summed E-state index contributed by atoms with van der Waals surface area (Å²) in [6, 6.07) is 6.48. The van der Waals surface area contributed by atoms with Crippen LogP contribution in [0.2, 0.25) is 0 Å². The molecule has 0 radical (unpaired) electrons. The Morgan fingerprint density at radius 1 is 1.17 bits per heavy atom. The van der Waals surface area contributed by atoms with E-state index in [1.807, 2.05) is 13.8 Å². The van der Waals surface area contributed by atoms with E-state index in [-0.39, 0.29) is 5.92 Å². The van der Waals surface area contributed by atoms with Gasteiger partial charge in [0.25, 0.3) is 0 Å². The predicted molar refractivity (Wildman–Crippen MR) is 112 cm³/mol. The average molecular weight is 398 g/mol. The number of hydrogen-bond donors (Lipinski definition) is 2. The van der Waals surface area contributed by atoms with Gasteiger partial charge in [-0.2, -0.15) is 0 Å². The first-order chi connectivity index (χ1) is 13.7. The zero-order valence-electron chi connectivity index (χ0n) is 17.8. The highest BCUT2D eigenvalue weighted by Crippen LogP contribution is 2.35. The van der Waals surface area contributed by atoms with Gasteiger partial charge in [-0.25, -0.2) is 14.8 Å². The maximum atomic E-state index is 11.3. The molecule has 1 atom stereocenters.